The van der Waals surface area contributed by atoms with E-state index < -0.39 is 0 Å². The second kappa shape index (κ2) is 6.21. The molecule has 5 heteroatoms. The van der Waals surface area contributed by atoms with Crippen LogP contribution in [0.5, 0.6) is 0 Å². The Hall–Kier alpha value is -1.33. The minimum atomic E-state index is -0.337. The van der Waals surface area contributed by atoms with Crippen molar-refractivity contribution in [1.82, 2.24) is 4.90 Å². The van der Waals surface area contributed by atoms with Crippen molar-refractivity contribution in [2.24, 2.45) is 5.92 Å². The summed E-state index contributed by atoms with van der Waals surface area (Å²) in [6.07, 6.45) is 2.05. The SMILES string of the molecule is CCOC(=O)c1ccoc1CN1CCC(O)C(C)C1. The van der Waals surface area contributed by atoms with Gasteiger partial charge in [0.05, 0.1) is 25.5 Å². The lowest BCUT2D eigenvalue weighted by molar-refractivity contribution is 0.0289. The van der Waals surface area contributed by atoms with Crippen molar-refractivity contribution in [2.45, 2.75) is 32.9 Å². The molecular formula is C14H21NO4. The Kier molecular flexibility index (Phi) is 4.61. The second-order valence-electron chi connectivity index (χ2n) is 5.05. The van der Waals surface area contributed by atoms with Crippen molar-refractivity contribution in [3.63, 3.8) is 0 Å². The molecule has 2 heterocycles. The number of aliphatic hydroxyl groups excluding tert-OH is 1. The number of ether oxygens (including phenoxy) is 1. The van der Waals surface area contributed by atoms with Crippen LogP contribution in [0.25, 0.3) is 0 Å². The number of nitrogens with zero attached hydrogens (tertiary/aromatic N) is 1. The summed E-state index contributed by atoms with van der Waals surface area (Å²) in [5.74, 6) is 0.549. The van der Waals surface area contributed by atoms with E-state index in [-0.39, 0.29) is 18.0 Å². The number of carbonyl (C=O) groups excluding carboxylic acids is 1. The molecule has 19 heavy (non-hydrogen) atoms. The van der Waals surface area contributed by atoms with Gasteiger partial charge in [-0.15, -0.1) is 0 Å². The monoisotopic (exact) mass is 267 g/mol. The lowest BCUT2D eigenvalue weighted by Gasteiger charge is -2.33. The number of hydrogen-bond acceptors (Lipinski definition) is 5. The van der Waals surface area contributed by atoms with Gasteiger partial charge in [0.1, 0.15) is 11.3 Å². The first-order chi connectivity index (χ1) is 9.11. The van der Waals surface area contributed by atoms with E-state index in [1.807, 2.05) is 6.92 Å². The van der Waals surface area contributed by atoms with Gasteiger partial charge in [0.15, 0.2) is 0 Å². The lowest BCUT2D eigenvalue weighted by Crippen LogP contribution is -2.41. The summed E-state index contributed by atoms with van der Waals surface area (Å²) < 4.78 is 10.4. The van der Waals surface area contributed by atoms with E-state index in [0.717, 1.165) is 19.5 Å². The molecular weight excluding hydrogens is 246 g/mol. The molecule has 0 saturated carbocycles. The first kappa shape index (κ1) is 14.1. The zero-order valence-corrected chi connectivity index (χ0v) is 11.5. The maximum absolute atomic E-state index is 11.7. The topological polar surface area (TPSA) is 62.9 Å². The summed E-state index contributed by atoms with van der Waals surface area (Å²) >= 11 is 0. The highest BCUT2D eigenvalue weighted by atomic mass is 16.5. The van der Waals surface area contributed by atoms with Crippen molar-refractivity contribution in [3.05, 3.63) is 23.7 Å². The number of likely N-dealkylation sites (tertiary alicyclic amines) is 1. The average molecular weight is 267 g/mol. The number of esters is 1. The fraction of sp³-hybridized carbons (Fsp3) is 0.643. The number of rotatable bonds is 4. The van der Waals surface area contributed by atoms with E-state index in [1.165, 1.54) is 6.26 Å². The minimum Gasteiger partial charge on any atom is -0.467 e. The molecule has 2 atom stereocenters. The van der Waals surface area contributed by atoms with Crippen LogP contribution in [0.3, 0.4) is 0 Å². The number of hydrogen-bond donors (Lipinski definition) is 1. The minimum absolute atomic E-state index is 0.225. The highest BCUT2D eigenvalue weighted by Crippen LogP contribution is 2.21. The molecule has 1 N–H and O–H groups in total. The summed E-state index contributed by atoms with van der Waals surface area (Å²) in [5, 5.41) is 9.71. The predicted molar refractivity (Wildman–Crippen MR) is 69.7 cm³/mol. The van der Waals surface area contributed by atoms with Crippen molar-refractivity contribution < 1.29 is 19.1 Å². The van der Waals surface area contributed by atoms with E-state index in [2.05, 4.69) is 4.90 Å². The van der Waals surface area contributed by atoms with Crippen LogP contribution < -0.4 is 0 Å². The van der Waals surface area contributed by atoms with E-state index in [1.54, 1.807) is 13.0 Å². The Labute approximate surface area is 113 Å². The molecule has 2 rings (SSSR count). The zero-order valence-electron chi connectivity index (χ0n) is 11.5. The number of piperidine rings is 1. The van der Waals surface area contributed by atoms with Crippen LogP contribution in [0, 0.1) is 5.92 Å². The summed E-state index contributed by atoms with van der Waals surface area (Å²) in [7, 11) is 0. The molecule has 1 aliphatic rings. The van der Waals surface area contributed by atoms with Crippen molar-refractivity contribution in [3.8, 4) is 0 Å². The van der Waals surface area contributed by atoms with Gasteiger partial charge in [0.2, 0.25) is 0 Å². The molecule has 0 aliphatic carbocycles. The van der Waals surface area contributed by atoms with E-state index in [4.69, 9.17) is 9.15 Å². The highest BCUT2D eigenvalue weighted by molar-refractivity contribution is 5.90. The molecule has 1 aromatic heterocycles. The molecule has 1 aromatic rings. The van der Waals surface area contributed by atoms with Gasteiger partial charge < -0.3 is 14.3 Å². The molecule has 0 aromatic carbocycles. The molecule has 1 aliphatic heterocycles. The van der Waals surface area contributed by atoms with Gasteiger partial charge in [-0.1, -0.05) is 6.92 Å². The first-order valence-corrected chi connectivity index (χ1v) is 6.75. The standard InChI is InChI=1S/C14H21NO4/c1-3-18-14(17)11-5-7-19-13(11)9-15-6-4-12(16)10(2)8-15/h5,7,10,12,16H,3-4,6,8-9H2,1-2H3. The van der Waals surface area contributed by atoms with E-state index in [0.29, 0.717) is 24.5 Å². The van der Waals surface area contributed by atoms with Gasteiger partial charge in [0, 0.05) is 13.1 Å². The van der Waals surface area contributed by atoms with Gasteiger partial charge in [-0.25, -0.2) is 4.79 Å². The maximum Gasteiger partial charge on any atom is 0.341 e. The Bertz CT molecular complexity index is 429. The summed E-state index contributed by atoms with van der Waals surface area (Å²) in [6.45, 7) is 6.38. The normalized spacial score (nSPS) is 24.4. The zero-order chi connectivity index (χ0) is 13.8. The van der Waals surface area contributed by atoms with Crippen LogP contribution in [0.1, 0.15) is 36.4 Å². The Morgan fingerprint density at radius 3 is 3.11 bits per heavy atom. The predicted octanol–water partition coefficient (Wildman–Crippen LogP) is 1.66. The van der Waals surface area contributed by atoms with Crippen LogP contribution in [-0.2, 0) is 11.3 Å². The van der Waals surface area contributed by atoms with Crippen molar-refractivity contribution in [2.75, 3.05) is 19.7 Å². The van der Waals surface area contributed by atoms with Gasteiger partial charge >= 0.3 is 5.97 Å². The molecule has 2 unspecified atom stereocenters. The Morgan fingerprint density at radius 2 is 2.42 bits per heavy atom. The Balaban J connectivity index is 2.00. The molecule has 1 fully saturated rings. The molecule has 0 spiro atoms. The van der Waals surface area contributed by atoms with Gasteiger partial charge in [0.25, 0.3) is 0 Å². The molecule has 106 valence electrons. The highest BCUT2D eigenvalue weighted by Gasteiger charge is 2.26. The third-order valence-corrected chi connectivity index (χ3v) is 3.55. The molecule has 0 amide bonds. The quantitative estimate of drug-likeness (QED) is 0.841. The van der Waals surface area contributed by atoms with Gasteiger partial charge in [-0.2, -0.15) is 0 Å². The van der Waals surface area contributed by atoms with E-state index >= 15 is 0 Å². The van der Waals surface area contributed by atoms with Crippen LogP contribution in [0.15, 0.2) is 16.7 Å². The fourth-order valence-electron chi connectivity index (χ4n) is 2.42. The lowest BCUT2D eigenvalue weighted by atomic mass is 9.96. The number of aliphatic hydroxyl groups is 1. The summed E-state index contributed by atoms with van der Waals surface area (Å²) in [4.78, 5) is 13.9. The molecule has 0 bridgehead atoms. The first-order valence-electron chi connectivity index (χ1n) is 6.75. The third-order valence-electron chi connectivity index (χ3n) is 3.55. The molecule has 0 radical (unpaired) electrons. The Morgan fingerprint density at radius 1 is 1.63 bits per heavy atom. The molecule has 5 nitrogen and oxygen atoms in total. The third kappa shape index (κ3) is 3.36. The maximum atomic E-state index is 11.7. The largest absolute Gasteiger partial charge is 0.467 e. The smallest absolute Gasteiger partial charge is 0.341 e. The van der Waals surface area contributed by atoms with Crippen molar-refractivity contribution >= 4 is 5.97 Å². The average Bonchev–Trinajstić information content (AvgIpc) is 2.82. The fourth-order valence-corrected chi connectivity index (χ4v) is 2.42. The molecule has 1 saturated heterocycles. The van der Waals surface area contributed by atoms with Crippen LogP contribution in [0.2, 0.25) is 0 Å². The van der Waals surface area contributed by atoms with Gasteiger partial charge in [-0.05, 0) is 25.3 Å². The summed E-state index contributed by atoms with van der Waals surface area (Å²) in [6, 6.07) is 1.65. The second-order valence-corrected chi connectivity index (χ2v) is 5.05. The van der Waals surface area contributed by atoms with Crippen LogP contribution >= 0.6 is 0 Å². The van der Waals surface area contributed by atoms with Gasteiger partial charge in [-0.3, -0.25) is 4.90 Å². The van der Waals surface area contributed by atoms with Crippen LogP contribution in [0.4, 0.5) is 0 Å². The van der Waals surface area contributed by atoms with Crippen LogP contribution in [-0.4, -0.2) is 41.8 Å². The number of furan rings is 1. The number of carbonyl (C=O) groups is 1. The van der Waals surface area contributed by atoms with Crippen molar-refractivity contribution in [1.29, 1.82) is 0 Å². The van der Waals surface area contributed by atoms with E-state index in [9.17, 15) is 9.90 Å². The summed E-state index contributed by atoms with van der Waals surface area (Å²) in [5.41, 5.74) is 0.501.